The third kappa shape index (κ3) is 3.95. The second-order valence-corrected chi connectivity index (χ2v) is 8.40. The lowest BCUT2D eigenvalue weighted by molar-refractivity contribution is 0.460. The summed E-state index contributed by atoms with van der Waals surface area (Å²) in [6.07, 6.45) is 2.35. The first-order valence-electron chi connectivity index (χ1n) is 6.58. The maximum Gasteiger partial charge on any atom is 0.245 e. The summed E-state index contributed by atoms with van der Waals surface area (Å²) in [5.74, 6) is 0.616. The molecule has 1 aliphatic carbocycles. The first-order chi connectivity index (χ1) is 10.0. The third-order valence-electron chi connectivity index (χ3n) is 3.15. The molecular formula is C13H15BrN2O3S2. The standard InChI is InChI=1S/C13H15BrN2O3S2/c14-13-12(6-10(19-13)7-15-9-3-4-9)21(17,18)16-8-11-2-1-5-20-11/h1-2,5-6,9,15-16H,3-4,7-8H2. The van der Waals surface area contributed by atoms with Gasteiger partial charge in [0.2, 0.25) is 10.0 Å². The Balaban J connectivity index is 1.68. The molecule has 0 bridgehead atoms. The lowest BCUT2D eigenvalue weighted by atomic mass is 10.4. The number of hydrogen-bond donors (Lipinski definition) is 2. The van der Waals surface area contributed by atoms with Crippen LogP contribution in [0.5, 0.6) is 0 Å². The Hall–Kier alpha value is -0.670. The molecule has 1 fully saturated rings. The van der Waals surface area contributed by atoms with Gasteiger partial charge in [0, 0.05) is 23.5 Å². The van der Waals surface area contributed by atoms with Crippen molar-refractivity contribution in [1.29, 1.82) is 0 Å². The van der Waals surface area contributed by atoms with Gasteiger partial charge >= 0.3 is 0 Å². The van der Waals surface area contributed by atoms with Crippen molar-refractivity contribution in [2.45, 2.75) is 36.9 Å². The Morgan fingerprint density at radius 2 is 2.19 bits per heavy atom. The molecule has 1 saturated carbocycles. The van der Waals surface area contributed by atoms with E-state index >= 15 is 0 Å². The molecule has 2 aromatic heterocycles. The van der Waals surface area contributed by atoms with Crippen molar-refractivity contribution in [3.8, 4) is 0 Å². The number of hydrogen-bond acceptors (Lipinski definition) is 5. The van der Waals surface area contributed by atoms with Gasteiger partial charge in [-0.1, -0.05) is 6.07 Å². The fourth-order valence-corrected chi connectivity index (χ4v) is 4.60. The normalized spacial score (nSPS) is 15.5. The van der Waals surface area contributed by atoms with Crippen molar-refractivity contribution in [2.24, 2.45) is 0 Å². The van der Waals surface area contributed by atoms with Crippen molar-refractivity contribution in [2.75, 3.05) is 0 Å². The largest absolute Gasteiger partial charge is 0.452 e. The minimum Gasteiger partial charge on any atom is -0.452 e. The van der Waals surface area contributed by atoms with Crippen LogP contribution in [0.2, 0.25) is 0 Å². The average Bonchev–Trinajstić information content (AvgIpc) is 2.97. The fraction of sp³-hybridized carbons (Fsp3) is 0.385. The van der Waals surface area contributed by atoms with Crippen LogP contribution in [0.4, 0.5) is 0 Å². The molecule has 2 heterocycles. The summed E-state index contributed by atoms with van der Waals surface area (Å²) < 4.78 is 32.9. The summed E-state index contributed by atoms with van der Waals surface area (Å²) >= 11 is 4.70. The quantitative estimate of drug-likeness (QED) is 0.762. The predicted molar refractivity (Wildman–Crippen MR) is 84.6 cm³/mol. The van der Waals surface area contributed by atoms with E-state index in [9.17, 15) is 8.42 Å². The lowest BCUT2D eigenvalue weighted by Crippen LogP contribution is -2.22. The van der Waals surface area contributed by atoms with E-state index in [0.29, 0.717) is 18.3 Å². The number of furan rings is 1. The highest BCUT2D eigenvalue weighted by Gasteiger charge is 2.24. The molecule has 0 unspecified atom stereocenters. The number of halogens is 1. The van der Waals surface area contributed by atoms with E-state index < -0.39 is 10.0 Å². The molecule has 0 aromatic carbocycles. The van der Waals surface area contributed by atoms with E-state index in [0.717, 1.165) is 4.88 Å². The maximum atomic E-state index is 12.3. The molecule has 1 aliphatic rings. The number of nitrogens with one attached hydrogen (secondary N) is 2. The van der Waals surface area contributed by atoms with Crippen LogP contribution in [-0.4, -0.2) is 14.5 Å². The molecule has 3 rings (SSSR count). The minimum absolute atomic E-state index is 0.145. The highest BCUT2D eigenvalue weighted by atomic mass is 79.9. The summed E-state index contributed by atoms with van der Waals surface area (Å²) in [4.78, 5) is 1.11. The van der Waals surface area contributed by atoms with Crippen LogP contribution in [0.1, 0.15) is 23.5 Å². The van der Waals surface area contributed by atoms with Gasteiger partial charge in [-0.15, -0.1) is 11.3 Å². The number of rotatable bonds is 7. The molecule has 0 radical (unpaired) electrons. The zero-order chi connectivity index (χ0) is 14.9. The van der Waals surface area contributed by atoms with Gasteiger partial charge in [-0.3, -0.25) is 0 Å². The number of thiophene rings is 1. The molecule has 0 atom stereocenters. The Bertz CT molecular complexity index is 706. The summed E-state index contributed by atoms with van der Waals surface area (Å²) in [6.45, 7) is 0.830. The van der Waals surface area contributed by atoms with Crippen LogP contribution in [0.3, 0.4) is 0 Å². The van der Waals surface area contributed by atoms with Crippen molar-refractivity contribution in [3.63, 3.8) is 0 Å². The Morgan fingerprint density at radius 1 is 1.38 bits per heavy atom. The topological polar surface area (TPSA) is 71.3 Å². The van der Waals surface area contributed by atoms with E-state index in [1.54, 1.807) is 6.07 Å². The van der Waals surface area contributed by atoms with Crippen LogP contribution in [0.25, 0.3) is 0 Å². The van der Waals surface area contributed by atoms with Gasteiger partial charge in [0.1, 0.15) is 10.7 Å². The molecule has 0 saturated heterocycles. The van der Waals surface area contributed by atoms with Crippen molar-refractivity contribution in [1.82, 2.24) is 10.0 Å². The minimum atomic E-state index is -3.58. The second-order valence-electron chi connectivity index (χ2n) is 4.91. The smallest absolute Gasteiger partial charge is 0.245 e. The van der Waals surface area contributed by atoms with Crippen LogP contribution >= 0.6 is 27.3 Å². The summed E-state index contributed by atoms with van der Waals surface area (Å²) in [7, 11) is -3.58. The number of sulfonamides is 1. The van der Waals surface area contributed by atoms with E-state index in [1.165, 1.54) is 24.2 Å². The Kier molecular flexibility index (Phi) is 4.51. The summed E-state index contributed by atoms with van der Waals surface area (Å²) in [5.41, 5.74) is 0. The molecule has 114 valence electrons. The van der Waals surface area contributed by atoms with Gasteiger partial charge in [0.15, 0.2) is 4.67 Å². The van der Waals surface area contributed by atoms with E-state index in [1.807, 2.05) is 17.5 Å². The molecule has 0 spiro atoms. The molecular weight excluding hydrogens is 376 g/mol. The molecule has 2 aromatic rings. The van der Waals surface area contributed by atoms with E-state index in [-0.39, 0.29) is 16.1 Å². The van der Waals surface area contributed by atoms with Crippen molar-refractivity contribution in [3.05, 3.63) is 38.9 Å². The highest BCUT2D eigenvalue weighted by molar-refractivity contribution is 9.10. The molecule has 21 heavy (non-hydrogen) atoms. The lowest BCUT2D eigenvalue weighted by Gasteiger charge is -2.03. The third-order valence-corrected chi connectivity index (χ3v) is 6.29. The zero-order valence-electron chi connectivity index (χ0n) is 11.1. The van der Waals surface area contributed by atoms with E-state index in [2.05, 4.69) is 26.0 Å². The monoisotopic (exact) mass is 390 g/mol. The van der Waals surface area contributed by atoms with Crippen LogP contribution in [0.15, 0.2) is 37.6 Å². The van der Waals surface area contributed by atoms with E-state index in [4.69, 9.17) is 4.42 Å². The SMILES string of the molecule is O=S(=O)(NCc1cccs1)c1cc(CNC2CC2)oc1Br. The van der Waals surface area contributed by atoms with Gasteiger partial charge in [-0.25, -0.2) is 13.1 Å². The van der Waals surface area contributed by atoms with Gasteiger partial charge < -0.3 is 9.73 Å². The highest BCUT2D eigenvalue weighted by Crippen LogP contribution is 2.27. The first-order valence-corrected chi connectivity index (χ1v) is 9.74. The molecule has 8 heteroatoms. The van der Waals surface area contributed by atoms with Gasteiger partial charge in [-0.05, 0) is 40.2 Å². The maximum absolute atomic E-state index is 12.3. The average molecular weight is 391 g/mol. The van der Waals surface area contributed by atoms with Gasteiger partial charge in [-0.2, -0.15) is 0 Å². The molecule has 5 nitrogen and oxygen atoms in total. The van der Waals surface area contributed by atoms with Gasteiger partial charge in [0.05, 0.1) is 6.54 Å². The zero-order valence-corrected chi connectivity index (χ0v) is 14.4. The molecule has 0 amide bonds. The van der Waals surface area contributed by atoms with Crippen LogP contribution in [0, 0.1) is 0 Å². The van der Waals surface area contributed by atoms with Crippen LogP contribution < -0.4 is 10.0 Å². The van der Waals surface area contributed by atoms with Crippen LogP contribution in [-0.2, 0) is 23.1 Å². The van der Waals surface area contributed by atoms with Crippen molar-refractivity contribution >= 4 is 37.3 Å². The Morgan fingerprint density at radius 3 is 2.86 bits per heavy atom. The second kappa shape index (κ2) is 6.21. The molecule has 0 aliphatic heterocycles. The fourth-order valence-electron chi connectivity index (χ4n) is 1.86. The van der Waals surface area contributed by atoms with Crippen molar-refractivity contribution < 1.29 is 12.8 Å². The first kappa shape index (κ1) is 15.2. The summed E-state index contributed by atoms with van der Waals surface area (Å²) in [5, 5.41) is 5.21. The molecule has 2 N–H and O–H groups in total. The summed E-state index contributed by atoms with van der Waals surface area (Å²) in [6, 6.07) is 5.90. The van der Waals surface area contributed by atoms with Gasteiger partial charge in [0.25, 0.3) is 0 Å². The predicted octanol–water partition coefficient (Wildman–Crippen LogP) is 2.83. The Labute approximate surface area is 135 Å².